The molecule has 0 amide bonds. The fourth-order valence-electron chi connectivity index (χ4n) is 4.78. The topological polar surface area (TPSA) is 64.7 Å². The van der Waals surface area contributed by atoms with Gasteiger partial charge < -0.3 is 20.3 Å². The minimum absolute atomic E-state index is 0.0780. The van der Waals surface area contributed by atoms with Crippen LogP contribution in [-0.4, -0.2) is 31.0 Å². The van der Waals surface area contributed by atoms with Crippen molar-refractivity contribution in [1.29, 1.82) is 0 Å². The van der Waals surface area contributed by atoms with E-state index in [1.807, 2.05) is 12.1 Å². The number of aryl methyl sites for hydroxylation is 1. The van der Waals surface area contributed by atoms with Crippen LogP contribution in [0.25, 0.3) is 0 Å². The van der Waals surface area contributed by atoms with Crippen molar-refractivity contribution < 1.29 is 14.6 Å². The molecule has 1 saturated carbocycles. The second-order valence-corrected chi connectivity index (χ2v) is 9.17. The Balaban J connectivity index is 1.38. The maximum Gasteiger partial charge on any atom is 0.124 e. The zero-order valence-electron chi connectivity index (χ0n) is 17.0. The summed E-state index contributed by atoms with van der Waals surface area (Å²) in [7, 11) is 1.63. The predicted molar refractivity (Wildman–Crippen MR) is 116 cm³/mol. The van der Waals surface area contributed by atoms with Gasteiger partial charge in [0.25, 0.3) is 0 Å². The van der Waals surface area contributed by atoms with Crippen LogP contribution in [-0.2, 0) is 12.8 Å². The third-order valence-electron chi connectivity index (χ3n) is 6.56. The maximum absolute atomic E-state index is 9.54. The molecular formula is C24H30ClNO3. The molecule has 2 aliphatic carbocycles. The number of halogens is 1. The Bertz CT molecular complexity index is 871. The number of rotatable bonds is 6. The Morgan fingerprint density at radius 3 is 2.72 bits per heavy atom. The van der Waals surface area contributed by atoms with Crippen LogP contribution in [0.15, 0.2) is 36.4 Å². The first-order chi connectivity index (χ1) is 14.0. The van der Waals surface area contributed by atoms with Gasteiger partial charge in [0.05, 0.1) is 20.3 Å². The van der Waals surface area contributed by atoms with E-state index in [1.165, 1.54) is 16.7 Å². The summed E-state index contributed by atoms with van der Waals surface area (Å²) in [6, 6.07) is 12.4. The molecule has 4 rings (SSSR count). The molecular weight excluding hydrogens is 386 g/mol. The van der Waals surface area contributed by atoms with Gasteiger partial charge in [0, 0.05) is 16.6 Å². The van der Waals surface area contributed by atoms with Crippen molar-refractivity contribution >= 4 is 11.6 Å². The van der Waals surface area contributed by atoms with Crippen LogP contribution in [0.2, 0.25) is 5.02 Å². The van der Waals surface area contributed by atoms with E-state index in [1.54, 1.807) is 13.2 Å². The van der Waals surface area contributed by atoms with Crippen LogP contribution in [0.5, 0.6) is 11.5 Å². The molecule has 0 heterocycles. The zero-order chi connectivity index (χ0) is 20.4. The SMILES string of the molecule is COc1cc(Cl)cc(OCC2CCc3cc([C@H]4CC[C@](N)(CO)C4)ccc3C2)c1. The smallest absolute Gasteiger partial charge is 0.124 e. The molecule has 156 valence electrons. The number of ether oxygens (including phenoxy) is 2. The van der Waals surface area contributed by atoms with E-state index < -0.39 is 5.54 Å². The normalized spacial score (nSPS) is 26.2. The van der Waals surface area contributed by atoms with E-state index in [2.05, 4.69) is 18.2 Å². The fraction of sp³-hybridized carbons (Fsp3) is 0.500. The maximum atomic E-state index is 9.54. The highest BCUT2D eigenvalue weighted by molar-refractivity contribution is 6.30. The minimum atomic E-state index is -0.397. The Morgan fingerprint density at radius 1 is 1.14 bits per heavy atom. The number of hydrogen-bond acceptors (Lipinski definition) is 4. The fourth-order valence-corrected chi connectivity index (χ4v) is 5.00. The standard InChI is InChI=1S/C24H30ClNO3/c1-28-22-10-21(25)11-23(12-22)29-14-16-2-3-18-9-19(5-4-17(18)8-16)20-6-7-24(26,13-20)15-27/h4-5,9-12,16,20,27H,2-3,6-8,13-15,26H2,1H3/t16?,20-,24+/m0/s1. The van der Waals surface area contributed by atoms with Gasteiger partial charge in [-0.2, -0.15) is 0 Å². The number of methoxy groups -OCH3 is 1. The van der Waals surface area contributed by atoms with Gasteiger partial charge in [0.15, 0.2) is 0 Å². The zero-order valence-corrected chi connectivity index (χ0v) is 17.8. The largest absolute Gasteiger partial charge is 0.497 e. The molecule has 0 aromatic heterocycles. The average Bonchev–Trinajstić information content (AvgIpc) is 3.14. The molecule has 0 aliphatic heterocycles. The third-order valence-corrected chi connectivity index (χ3v) is 6.78. The third kappa shape index (κ3) is 4.71. The van der Waals surface area contributed by atoms with Gasteiger partial charge >= 0.3 is 0 Å². The van der Waals surface area contributed by atoms with Gasteiger partial charge in [-0.3, -0.25) is 0 Å². The van der Waals surface area contributed by atoms with Gasteiger partial charge in [-0.15, -0.1) is 0 Å². The summed E-state index contributed by atoms with van der Waals surface area (Å²) in [6.07, 6.45) is 6.08. The van der Waals surface area contributed by atoms with Gasteiger partial charge in [-0.25, -0.2) is 0 Å². The van der Waals surface area contributed by atoms with Gasteiger partial charge in [-0.05, 0) is 79.2 Å². The molecule has 1 unspecified atom stereocenters. The number of benzene rings is 2. The van der Waals surface area contributed by atoms with E-state index >= 15 is 0 Å². The lowest BCUT2D eigenvalue weighted by molar-refractivity contribution is 0.198. The van der Waals surface area contributed by atoms with Gasteiger partial charge in [-0.1, -0.05) is 29.8 Å². The summed E-state index contributed by atoms with van der Waals surface area (Å²) in [5, 5.41) is 10.2. The van der Waals surface area contributed by atoms with Gasteiger partial charge in [0.1, 0.15) is 11.5 Å². The molecule has 0 saturated heterocycles. The van der Waals surface area contributed by atoms with Crippen molar-refractivity contribution in [3.8, 4) is 11.5 Å². The van der Waals surface area contributed by atoms with E-state index in [9.17, 15) is 5.11 Å². The molecule has 0 bridgehead atoms. The van der Waals surface area contributed by atoms with Crippen molar-refractivity contribution in [2.45, 2.75) is 50.0 Å². The molecule has 2 aliphatic rings. The van der Waals surface area contributed by atoms with E-state index in [0.29, 0.717) is 29.2 Å². The summed E-state index contributed by atoms with van der Waals surface area (Å²) in [5.74, 6) is 2.43. The van der Waals surface area contributed by atoms with Gasteiger partial charge in [0.2, 0.25) is 0 Å². The number of hydrogen-bond donors (Lipinski definition) is 2. The number of fused-ring (bicyclic) bond motifs is 1. The van der Waals surface area contributed by atoms with Crippen LogP contribution in [0.1, 0.15) is 48.3 Å². The molecule has 0 radical (unpaired) electrons. The molecule has 0 spiro atoms. The van der Waals surface area contributed by atoms with Crippen LogP contribution in [0, 0.1) is 5.92 Å². The summed E-state index contributed by atoms with van der Waals surface area (Å²) in [4.78, 5) is 0. The van der Waals surface area contributed by atoms with Crippen LogP contribution in [0.4, 0.5) is 0 Å². The minimum Gasteiger partial charge on any atom is -0.497 e. The second-order valence-electron chi connectivity index (χ2n) is 8.73. The quantitative estimate of drug-likeness (QED) is 0.729. The monoisotopic (exact) mass is 415 g/mol. The highest BCUT2D eigenvalue weighted by Crippen LogP contribution is 2.40. The first-order valence-electron chi connectivity index (χ1n) is 10.5. The lowest BCUT2D eigenvalue weighted by Crippen LogP contribution is -2.40. The Hall–Kier alpha value is -1.75. The summed E-state index contributed by atoms with van der Waals surface area (Å²) in [5.41, 5.74) is 10.1. The van der Waals surface area contributed by atoms with E-state index in [0.717, 1.165) is 44.3 Å². The Morgan fingerprint density at radius 2 is 1.97 bits per heavy atom. The summed E-state index contributed by atoms with van der Waals surface area (Å²) in [6.45, 7) is 0.758. The molecule has 4 nitrogen and oxygen atoms in total. The lowest BCUT2D eigenvalue weighted by Gasteiger charge is -2.26. The van der Waals surface area contributed by atoms with Crippen LogP contribution < -0.4 is 15.2 Å². The number of aliphatic hydroxyl groups is 1. The molecule has 3 N–H and O–H groups in total. The highest BCUT2D eigenvalue weighted by Gasteiger charge is 2.36. The molecule has 3 atom stereocenters. The van der Waals surface area contributed by atoms with Crippen LogP contribution >= 0.6 is 11.6 Å². The first kappa shape index (κ1) is 20.5. The Labute approximate surface area is 178 Å². The predicted octanol–water partition coefficient (Wildman–Crippen LogP) is 4.49. The second kappa shape index (κ2) is 8.55. The molecule has 2 aromatic carbocycles. The van der Waals surface area contributed by atoms with Crippen LogP contribution in [0.3, 0.4) is 0 Å². The van der Waals surface area contributed by atoms with Crippen molar-refractivity contribution in [3.63, 3.8) is 0 Å². The highest BCUT2D eigenvalue weighted by atomic mass is 35.5. The Kier molecular flexibility index (Phi) is 6.05. The molecule has 2 aromatic rings. The molecule has 1 fully saturated rings. The lowest BCUT2D eigenvalue weighted by atomic mass is 9.82. The average molecular weight is 416 g/mol. The van der Waals surface area contributed by atoms with Crippen molar-refractivity contribution in [1.82, 2.24) is 0 Å². The van der Waals surface area contributed by atoms with Crippen molar-refractivity contribution in [2.24, 2.45) is 11.7 Å². The van der Waals surface area contributed by atoms with Crippen molar-refractivity contribution in [2.75, 3.05) is 20.3 Å². The number of aliphatic hydroxyl groups excluding tert-OH is 1. The van der Waals surface area contributed by atoms with Crippen molar-refractivity contribution in [3.05, 3.63) is 58.1 Å². The van der Waals surface area contributed by atoms with E-state index in [4.69, 9.17) is 26.8 Å². The molecule has 29 heavy (non-hydrogen) atoms. The first-order valence-corrected chi connectivity index (χ1v) is 10.8. The summed E-state index contributed by atoms with van der Waals surface area (Å²) >= 11 is 6.13. The molecule has 5 heteroatoms. The number of nitrogens with two attached hydrogens (primary N) is 1. The van der Waals surface area contributed by atoms with E-state index in [-0.39, 0.29) is 6.61 Å². The summed E-state index contributed by atoms with van der Waals surface area (Å²) < 4.78 is 11.3.